The van der Waals surface area contributed by atoms with Crippen molar-refractivity contribution in [1.29, 1.82) is 0 Å². The van der Waals surface area contributed by atoms with Crippen LogP contribution in [0.15, 0.2) is 23.7 Å². The number of nitrogens with one attached hydrogen (secondary N) is 3. The van der Waals surface area contributed by atoms with E-state index in [1.807, 2.05) is 0 Å². The molecule has 0 radical (unpaired) electrons. The van der Waals surface area contributed by atoms with E-state index in [9.17, 15) is 14.4 Å². The fourth-order valence-corrected chi connectivity index (χ4v) is 4.20. The Balaban J connectivity index is 1.42. The number of hydrogen-bond acceptors (Lipinski definition) is 8. The third kappa shape index (κ3) is 5.34. The number of cyclic esters (lactones) is 1. The third-order valence-electron chi connectivity index (χ3n) is 5.25. The molecule has 14 heteroatoms. The number of hydrogen-bond donors (Lipinski definition) is 3. The van der Waals surface area contributed by atoms with Gasteiger partial charge in [-0.1, -0.05) is 0 Å². The van der Waals surface area contributed by atoms with E-state index in [1.165, 1.54) is 28.2 Å². The van der Waals surface area contributed by atoms with E-state index >= 15 is 8.78 Å². The minimum absolute atomic E-state index is 0.0199. The number of ether oxygens (including phenoxy) is 1. The van der Waals surface area contributed by atoms with Crippen molar-refractivity contribution in [2.24, 2.45) is 0 Å². The zero-order valence-corrected chi connectivity index (χ0v) is 19.0. The summed E-state index contributed by atoms with van der Waals surface area (Å²) >= 11 is 1.28. The highest BCUT2D eigenvalue weighted by atomic mass is 32.1. The molecule has 2 fully saturated rings. The number of urea groups is 1. The predicted octanol–water partition coefficient (Wildman–Crippen LogP) is 1.74. The number of anilines is 3. The van der Waals surface area contributed by atoms with Crippen LogP contribution in [0, 0.1) is 11.6 Å². The van der Waals surface area contributed by atoms with Crippen LogP contribution in [0.1, 0.15) is 6.92 Å². The summed E-state index contributed by atoms with van der Waals surface area (Å²) in [7, 11) is 0. The lowest BCUT2D eigenvalue weighted by molar-refractivity contribution is -0.119. The van der Waals surface area contributed by atoms with Crippen LogP contribution in [-0.2, 0) is 9.53 Å². The summed E-state index contributed by atoms with van der Waals surface area (Å²) in [6.45, 7) is 2.36. The normalized spacial score (nSPS) is 18.5. The van der Waals surface area contributed by atoms with Gasteiger partial charge in [0.05, 0.1) is 25.3 Å². The van der Waals surface area contributed by atoms with E-state index in [-0.39, 0.29) is 56.6 Å². The van der Waals surface area contributed by atoms with E-state index in [1.54, 1.807) is 11.6 Å². The van der Waals surface area contributed by atoms with E-state index < -0.39 is 29.9 Å². The average Bonchev–Trinajstić information content (AvgIpc) is 3.35. The monoisotopic (exact) mass is 495 g/mol. The van der Waals surface area contributed by atoms with Crippen LogP contribution in [0.25, 0.3) is 0 Å². The Bertz CT molecular complexity index is 1050. The number of benzene rings is 1. The van der Waals surface area contributed by atoms with Crippen molar-refractivity contribution in [3.63, 3.8) is 0 Å². The molecular weight excluding hydrogens is 472 g/mol. The van der Waals surface area contributed by atoms with E-state index in [0.717, 1.165) is 17.0 Å². The lowest BCUT2D eigenvalue weighted by atomic mass is 10.2. The van der Waals surface area contributed by atoms with Gasteiger partial charge in [0, 0.05) is 50.3 Å². The molecular formula is C20H23F2N7O4S. The number of carbonyl (C=O) groups is 3. The summed E-state index contributed by atoms with van der Waals surface area (Å²) in [6.07, 6.45) is 0.195. The molecule has 0 spiro atoms. The van der Waals surface area contributed by atoms with Crippen molar-refractivity contribution in [3.8, 4) is 0 Å². The first-order chi connectivity index (χ1) is 16.3. The smallest absolute Gasteiger partial charge is 0.414 e. The predicted molar refractivity (Wildman–Crippen MR) is 121 cm³/mol. The summed E-state index contributed by atoms with van der Waals surface area (Å²) in [6, 6.07) is 1.73. The number of nitrogens with zero attached hydrogens (tertiary/aromatic N) is 4. The zero-order chi connectivity index (χ0) is 24.2. The lowest BCUT2D eigenvalue weighted by Crippen LogP contribution is -2.46. The lowest BCUT2D eigenvalue weighted by Gasteiger charge is -2.25. The summed E-state index contributed by atoms with van der Waals surface area (Å²) in [5.74, 6) is -1.95. The Morgan fingerprint density at radius 2 is 2.03 bits per heavy atom. The van der Waals surface area contributed by atoms with Crippen molar-refractivity contribution in [1.82, 2.24) is 20.7 Å². The number of thiazole rings is 1. The maximum Gasteiger partial charge on any atom is 0.414 e. The standard InChI is InChI=1S/C20H23F2N7O4S/c1-12(30)24-10-14-11-28(20(32)33-14)13-8-15(21)17(16(22)9-13)27-4-2-25-29(6-5-27)19(31)26-18-23-3-7-34-18/h3,7-9,14,25H,2,4-6,10-11H2,1H3,(H,24,30)(H,23,26,31)/t14-/m0/s1. The van der Waals surface area contributed by atoms with Gasteiger partial charge in [0.1, 0.15) is 11.8 Å². The largest absolute Gasteiger partial charge is 0.442 e. The number of rotatable bonds is 5. The van der Waals surface area contributed by atoms with Crippen LogP contribution in [0.4, 0.5) is 34.9 Å². The SMILES string of the molecule is CC(=O)NC[C@H]1CN(c2cc(F)c(N3CCNN(C(=O)Nc4nccs4)CC3)c(F)c2)C(=O)O1. The second-order valence-electron chi connectivity index (χ2n) is 7.63. The second kappa shape index (κ2) is 10.2. The van der Waals surface area contributed by atoms with Crippen LogP contribution < -0.4 is 25.9 Å². The molecule has 1 atom stereocenters. The Hall–Kier alpha value is -3.52. The highest BCUT2D eigenvalue weighted by Gasteiger charge is 2.34. The van der Waals surface area contributed by atoms with Gasteiger partial charge in [-0.05, 0) is 0 Å². The van der Waals surface area contributed by atoms with Gasteiger partial charge in [-0.25, -0.2) is 28.8 Å². The summed E-state index contributed by atoms with van der Waals surface area (Å²) in [5.41, 5.74) is 2.71. The van der Waals surface area contributed by atoms with Gasteiger partial charge in [0.2, 0.25) is 5.91 Å². The molecule has 1 aromatic carbocycles. The number of halogens is 2. The molecule has 2 aromatic rings. The molecule has 3 N–H and O–H groups in total. The van der Waals surface area contributed by atoms with Crippen LogP contribution in [-0.4, -0.2) is 73.4 Å². The van der Waals surface area contributed by atoms with E-state index in [0.29, 0.717) is 5.13 Å². The molecule has 3 heterocycles. The maximum atomic E-state index is 15.0. The molecule has 2 saturated heterocycles. The Morgan fingerprint density at radius 1 is 1.26 bits per heavy atom. The minimum atomic E-state index is -0.839. The summed E-state index contributed by atoms with van der Waals surface area (Å²) in [5, 5.41) is 8.71. The van der Waals surface area contributed by atoms with Crippen molar-refractivity contribution in [2.45, 2.75) is 13.0 Å². The molecule has 1 aromatic heterocycles. The van der Waals surface area contributed by atoms with Gasteiger partial charge in [-0.15, -0.1) is 11.3 Å². The number of amides is 4. The van der Waals surface area contributed by atoms with Crippen molar-refractivity contribution >= 4 is 45.9 Å². The zero-order valence-electron chi connectivity index (χ0n) is 18.2. The topological polar surface area (TPSA) is 119 Å². The molecule has 2 aliphatic rings. The fraction of sp³-hybridized carbons (Fsp3) is 0.400. The van der Waals surface area contributed by atoms with Crippen molar-refractivity contribution < 1.29 is 27.9 Å². The molecule has 0 saturated carbocycles. The molecule has 34 heavy (non-hydrogen) atoms. The van der Waals surface area contributed by atoms with Gasteiger partial charge in [-0.2, -0.15) is 0 Å². The second-order valence-corrected chi connectivity index (χ2v) is 8.52. The number of carbonyl (C=O) groups excluding carboxylic acids is 3. The van der Waals surface area contributed by atoms with E-state index in [4.69, 9.17) is 4.74 Å². The summed E-state index contributed by atoms with van der Waals surface area (Å²) in [4.78, 5) is 42.3. The van der Waals surface area contributed by atoms with Crippen molar-refractivity contribution in [2.75, 3.05) is 54.4 Å². The minimum Gasteiger partial charge on any atom is -0.442 e. The van der Waals surface area contributed by atoms with Crippen LogP contribution in [0.2, 0.25) is 0 Å². The molecule has 4 amide bonds. The van der Waals surface area contributed by atoms with Gasteiger partial charge >= 0.3 is 12.1 Å². The Kier molecular flexibility index (Phi) is 7.07. The summed E-state index contributed by atoms with van der Waals surface area (Å²) < 4.78 is 35.2. The molecule has 11 nitrogen and oxygen atoms in total. The highest BCUT2D eigenvalue weighted by molar-refractivity contribution is 7.13. The van der Waals surface area contributed by atoms with Gasteiger partial charge < -0.3 is 15.0 Å². The molecule has 2 aliphatic heterocycles. The Morgan fingerprint density at radius 3 is 2.71 bits per heavy atom. The van der Waals surface area contributed by atoms with Crippen LogP contribution >= 0.6 is 11.3 Å². The molecule has 0 bridgehead atoms. The molecule has 0 unspecified atom stereocenters. The number of aromatic nitrogens is 1. The first kappa shape index (κ1) is 23.6. The van der Waals surface area contributed by atoms with Gasteiger partial charge in [0.25, 0.3) is 0 Å². The maximum absolute atomic E-state index is 15.0. The average molecular weight is 496 g/mol. The van der Waals surface area contributed by atoms with Crippen LogP contribution in [0.3, 0.4) is 0 Å². The molecule has 0 aliphatic carbocycles. The first-order valence-electron chi connectivity index (χ1n) is 10.5. The van der Waals surface area contributed by atoms with E-state index in [2.05, 4.69) is 21.0 Å². The van der Waals surface area contributed by atoms with Gasteiger partial charge in [-0.3, -0.25) is 20.0 Å². The number of hydrazine groups is 1. The first-order valence-corrected chi connectivity index (χ1v) is 11.4. The van der Waals surface area contributed by atoms with Gasteiger partial charge in [0.15, 0.2) is 16.8 Å². The Labute approximate surface area is 197 Å². The third-order valence-corrected chi connectivity index (χ3v) is 5.94. The highest BCUT2D eigenvalue weighted by Crippen LogP contribution is 2.31. The fourth-order valence-electron chi connectivity index (χ4n) is 3.68. The molecule has 182 valence electrons. The van der Waals surface area contributed by atoms with Crippen molar-refractivity contribution in [3.05, 3.63) is 35.3 Å². The van der Waals surface area contributed by atoms with Crippen LogP contribution in [0.5, 0.6) is 0 Å². The quantitative estimate of drug-likeness (QED) is 0.578. The molecule has 4 rings (SSSR count).